The van der Waals surface area contributed by atoms with Crippen molar-refractivity contribution in [1.29, 1.82) is 0 Å². The second kappa shape index (κ2) is 10.6. The molecule has 4 rings (SSSR count). The molecule has 1 atom stereocenters. The van der Waals surface area contributed by atoms with Gasteiger partial charge in [-0.25, -0.2) is 9.79 Å². The zero-order valence-electron chi connectivity index (χ0n) is 21.6. The summed E-state index contributed by atoms with van der Waals surface area (Å²) in [6, 6.07) is 11.0. The summed E-state index contributed by atoms with van der Waals surface area (Å²) < 4.78 is 13.4. The molecule has 0 unspecified atom stereocenters. The third kappa shape index (κ3) is 4.75. The Balaban J connectivity index is 1.87. The van der Waals surface area contributed by atoms with Gasteiger partial charge in [0.2, 0.25) is 0 Å². The van der Waals surface area contributed by atoms with Crippen molar-refractivity contribution in [2.75, 3.05) is 43.6 Å². The van der Waals surface area contributed by atoms with Gasteiger partial charge in [0.05, 0.1) is 28.5 Å². The standard InChI is InChI=1S/C27H32N4O4S/c1-7-30(8-2)22-15-14-20(35-22)16-21-25(32)31-24(18-10-12-19(13-11-18)29(5)6)23(26(33)34-9-3)17(4)28-27(31)36-21/h10-16,24H,7-9H2,1-6H3/t24-/m1/s1. The number of anilines is 2. The second-order valence-electron chi connectivity index (χ2n) is 8.64. The first-order valence-electron chi connectivity index (χ1n) is 12.1. The van der Waals surface area contributed by atoms with Crippen LogP contribution < -0.4 is 24.7 Å². The lowest BCUT2D eigenvalue weighted by Crippen LogP contribution is -2.39. The lowest BCUT2D eigenvalue weighted by molar-refractivity contribution is -0.139. The molecule has 3 heterocycles. The molecular weight excluding hydrogens is 476 g/mol. The number of furan rings is 1. The van der Waals surface area contributed by atoms with Crippen LogP contribution in [0.5, 0.6) is 0 Å². The quantitative estimate of drug-likeness (QED) is 0.435. The van der Waals surface area contributed by atoms with Crippen molar-refractivity contribution in [2.45, 2.75) is 33.7 Å². The van der Waals surface area contributed by atoms with Gasteiger partial charge in [-0.05, 0) is 51.5 Å². The lowest BCUT2D eigenvalue weighted by atomic mass is 9.95. The van der Waals surface area contributed by atoms with Gasteiger partial charge in [-0.3, -0.25) is 9.36 Å². The average molecular weight is 509 g/mol. The third-order valence-corrected chi connectivity index (χ3v) is 7.19. The Morgan fingerprint density at radius 2 is 1.83 bits per heavy atom. The summed E-state index contributed by atoms with van der Waals surface area (Å²) in [5.41, 5.74) is 2.52. The van der Waals surface area contributed by atoms with E-state index in [1.165, 1.54) is 11.3 Å². The molecule has 36 heavy (non-hydrogen) atoms. The highest BCUT2D eigenvalue weighted by Crippen LogP contribution is 2.31. The van der Waals surface area contributed by atoms with Crippen molar-refractivity contribution < 1.29 is 13.9 Å². The minimum atomic E-state index is -0.638. The van der Waals surface area contributed by atoms with Gasteiger partial charge in [-0.15, -0.1) is 0 Å². The van der Waals surface area contributed by atoms with Gasteiger partial charge in [0.15, 0.2) is 10.7 Å². The summed E-state index contributed by atoms with van der Waals surface area (Å²) in [5, 5.41) is 0. The van der Waals surface area contributed by atoms with Crippen LogP contribution in [0, 0.1) is 0 Å². The van der Waals surface area contributed by atoms with Crippen molar-refractivity contribution in [1.82, 2.24) is 4.57 Å². The molecule has 1 aliphatic heterocycles. The predicted octanol–water partition coefficient (Wildman–Crippen LogP) is 3.30. The fourth-order valence-electron chi connectivity index (χ4n) is 4.32. The highest BCUT2D eigenvalue weighted by Gasteiger charge is 2.33. The van der Waals surface area contributed by atoms with E-state index in [9.17, 15) is 9.59 Å². The first kappa shape index (κ1) is 25.5. The number of benzene rings is 1. The van der Waals surface area contributed by atoms with Gasteiger partial charge < -0.3 is 19.0 Å². The first-order valence-corrected chi connectivity index (χ1v) is 12.9. The summed E-state index contributed by atoms with van der Waals surface area (Å²) >= 11 is 1.28. The van der Waals surface area contributed by atoms with Gasteiger partial charge in [0.25, 0.3) is 5.56 Å². The van der Waals surface area contributed by atoms with Gasteiger partial charge in [0, 0.05) is 45.0 Å². The van der Waals surface area contributed by atoms with E-state index in [0.717, 1.165) is 30.2 Å². The van der Waals surface area contributed by atoms with E-state index in [0.29, 0.717) is 26.4 Å². The van der Waals surface area contributed by atoms with Crippen LogP contribution in [0.15, 0.2) is 61.9 Å². The molecule has 2 aromatic heterocycles. The SMILES string of the molecule is CCOC(=O)C1=C(C)N=c2sc(=Cc3ccc(N(CC)CC)o3)c(=O)n2[C@@H]1c1ccc(N(C)C)cc1. The molecular formula is C27H32N4O4S. The molecule has 0 saturated carbocycles. The molecule has 0 bridgehead atoms. The Morgan fingerprint density at radius 3 is 2.44 bits per heavy atom. The molecule has 9 heteroatoms. The molecule has 0 spiro atoms. The zero-order chi connectivity index (χ0) is 26.0. The predicted molar refractivity (Wildman–Crippen MR) is 143 cm³/mol. The van der Waals surface area contributed by atoms with Crippen LogP contribution in [0.3, 0.4) is 0 Å². The Morgan fingerprint density at radius 1 is 1.14 bits per heavy atom. The molecule has 190 valence electrons. The molecule has 0 saturated heterocycles. The summed E-state index contributed by atoms with van der Waals surface area (Å²) in [5.74, 6) is 0.887. The van der Waals surface area contributed by atoms with Crippen molar-refractivity contribution >= 4 is 35.0 Å². The number of ether oxygens (including phenoxy) is 1. The number of esters is 1. The number of allylic oxidation sites excluding steroid dienone is 1. The maximum Gasteiger partial charge on any atom is 0.338 e. The van der Waals surface area contributed by atoms with Crippen LogP contribution in [0.1, 0.15) is 45.1 Å². The Bertz CT molecular complexity index is 1460. The Labute approximate surface area is 214 Å². The highest BCUT2D eigenvalue weighted by atomic mass is 32.1. The molecule has 0 radical (unpaired) electrons. The van der Waals surface area contributed by atoms with Gasteiger partial charge in [0.1, 0.15) is 5.76 Å². The molecule has 0 aliphatic carbocycles. The molecule has 0 fully saturated rings. The van der Waals surface area contributed by atoms with Crippen molar-refractivity contribution in [3.63, 3.8) is 0 Å². The molecule has 3 aromatic rings. The van der Waals surface area contributed by atoms with Crippen LogP contribution in [-0.2, 0) is 9.53 Å². The number of thiazole rings is 1. The van der Waals surface area contributed by atoms with Crippen molar-refractivity contribution in [2.24, 2.45) is 4.99 Å². The van der Waals surface area contributed by atoms with E-state index in [2.05, 4.69) is 23.7 Å². The fraction of sp³-hybridized carbons (Fsp3) is 0.370. The molecule has 1 aromatic carbocycles. The van der Waals surface area contributed by atoms with Crippen molar-refractivity contribution in [3.05, 3.63) is 78.7 Å². The maximum atomic E-state index is 13.7. The van der Waals surface area contributed by atoms with E-state index in [1.54, 1.807) is 24.5 Å². The number of hydrogen-bond acceptors (Lipinski definition) is 8. The first-order chi connectivity index (χ1) is 17.3. The Kier molecular flexibility index (Phi) is 7.49. The summed E-state index contributed by atoms with van der Waals surface area (Å²) in [7, 11) is 3.93. The lowest BCUT2D eigenvalue weighted by Gasteiger charge is -2.25. The monoisotopic (exact) mass is 508 g/mol. The van der Waals surface area contributed by atoms with E-state index in [1.807, 2.05) is 55.4 Å². The van der Waals surface area contributed by atoms with Gasteiger partial charge >= 0.3 is 5.97 Å². The van der Waals surface area contributed by atoms with E-state index >= 15 is 0 Å². The average Bonchev–Trinajstić information content (AvgIpc) is 3.43. The normalized spacial score (nSPS) is 15.5. The minimum Gasteiger partial charge on any atom is -0.463 e. The molecule has 8 nitrogen and oxygen atoms in total. The summed E-state index contributed by atoms with van der Waals surface area (Å²) in [6.45, 7) is 9.58. The fourth-order valence-corrected chi connectivity index (χ4v) is 5.34. The topological polar surface area (TPSA) is 80.3 Å². The van der Waals surface area contributed by atoms with Crippen molar-refractivity contribution in [3.8, 4) is 0 Å². The number of carbonyl (C=O) groups excluding carboxylic acids is 1. The summed E-state index contributed by atoms with van der Waals surface area (Å²) in [4.78, 5) is 36.0. The smallest absolute Gasteiger partial charge is 0.338 e. The third-order valence-electron chi connectivity index (χ3n) is 6.20. The van der Waals surface area contributed by atoms with Crippen LogP contribution in [-0.4, -0.2) is 44.3 Å². The van der Waals surface area contributed by atoms with Gasteiger partial charge in [-0.1, -0.05) is 23.5 Å². The largest absolute Gasteiger partial charge is 0.463 e. The zero-order valence-corrected chi connectivity index (χ0v) is 22.4. The number of nitrogens with zero attached hydrogens (tertiary/aromatic N) is 4. The highest BCUT2D eigenvalue weighted by molar-refractivity contribution is 7.07. The minimum absolute atomic E-state index is 0.226. The molecule has 0 N–H and O–H groups in total. The number of fused-ring (bicyclic) bond motifs is 1. The van der Waals surface area contributed by atoms with E-state index in [4.69, 9.17) is 9.15 Å². The van der Waals surface area contributed by atoms with Gasteiger partial charge in [-0.2, -0.15) is 0 Å². The van der Waals surface area contributed by atoms with E-state index in [-0.39, 0.29) is 12.2 Å². The van der Waals surface area contributed by atoms with Crippen LogP contribution in [0.4, 0.5) is 11.6 Å². The van der Waals surface area contributed by atoms with Crippen LogP contribution in [0.2, 0.25) is 0 Å². The number of hydrogen-bond donors (Lipinski definition) is 0. The maximum absolute atomic E-state index is 13.7. The summed E-state index contributed by atoms with van der Waals surface area (Å²) in [6.07, 6.45) is 1.74. The molecule has 1 aliphatic rings. The van der Waals surface area contributed by atoms with Crippen LogP contribution >= 0.6 is 11.3 Å². The Hall–Kier alpha value is -3.59. The van der Waals surface area contributed by atoms with E-state index < -0.39 is 12.0 Å². The molecule has 0 amide bonds. The second-order valence-corrected chi connectivity index (χ2v) is 9.65. The number of aromatic nitrogens is 1. The number of carbonyl (C=O) groups is 1. The number of rotatable bonds is 8. The van der Waals surface area contributed by atoms with Crippen LogP contribution in [0.25, 0.3) is 6.08 Å².